The van der Waals surface area contributed by atoms with Gasteiger partial charge in [-0.2, -0.15) is 0 Å². The molecule has 1 N–H and O–H groups in total. The summed E-state index contributed by atoms with van der Waals surface area (Å²) in [6.07, 6.45) is -0.00152. The number of carbonyl (C=O) groups is 2. The molecule has 0 fully saturated rings. The van der Waals surface area contributed by atoms with Crippen molar-refractivity contribution in [3.8, 4) is 0 Å². The number of hydrogen-bond acceptors (Lipinski definition) is 3. The van der Waals surface area contributed by atoms with Gasteiger partial charge >= 0.3 is 5.97 Å². The van der Waals surface area contributed by atoms with Gasteiger partial charge < -0.3 is 14.9 Å². The maximum Gasteiger partial charge on any atom is 0.323 e. The van der Waals surface area contributed by atoms with Crippen LogP contribution < -0.4 is 0 Å². The molecule has 1 rings (SSSR count). The van der Waals surface area contributed by atoms with Crippen molar-refractivity contribution in [2.75, 3.05) is 33.7 Å². The van der Waals surface area contributed by atoms with E-state index in [1.807, 2.05) is 19.0 Å². The Morgan fingerprint density at radius 3 is 2.50 bits per heavy atom. The highest BCUT2D eigenvalue weighted by atomic mass is 19.1. The molecule has 0 saturated carbocycles. The van der Waals surface area contributed by atoms with Gasteiger partial charge in [0, 0.05) is 13.1 Å². The first-order valence-corrected chi connectivity index (χ1v) is 6.27. The van der Waals surface area contributed by atoms with Crippen molar-refractivity contribution >= 4 is 11.9 Å². The van der Waals surface area contributed by atoms with E-state index in [0.29, 0.717) is 18.7 Å². The molecule has 0 saturated heterocycles. The first-order chi connectivity index (χ1) is 9.38. The molecule has 0 atom stereocenters. The number of carboxylic acid groups (broad SMARTS) is 1. The van der Waals surface area contributed by atoms with Crippen LogP contribution in [0, 0.1) is 5.82 Å². The molecule has 1 aromatic rings. The molecule has 110 valence electrons. The van der Waals surface area contributed by atoms with Gasteiger partial charge in [0.2, 0.25) is 5.91 Å². The van der Waals surface area contributed by atoms with E-state index in [0.717, 1.165) is 0 Å². The van der Waals surface area contributed by atoms with Gasteiger partial charge in [-0.1, -0.05) is 12.1 Å². The van der Waals surface area contributed by atoms with Crippen LogP contribution in [0.15, 0.2) is 24.3 Å². The van der Waals surface area contributed by atoms with Gasteiger partial charge in [-0.3, -0.25) is 9.59 Å². The van der Waals surface area contributed by atoms with E-state index in [1.54, 1.807) is 6.07 Å². The third-order valence-electron chi connectivity index (χ3n) is 2.74. The summed E-state index contributed by atoms with van der Waals surface area (Å²) >= 11 is 0. The molecule has 1 aromatic carbocycles. The minimum atomic E-state index is -1.06. The third kappa shape index (κ3) is 5.79. The molecule has 0 aromatic heterocycles. The van der Waals surface area contributed by atoms with Crippen LogP contribution >= 0.6 is 0 Å². The standard InChI is InChI=1S/C14H19FN2O3/c1-16(2)6-7-17(10-14(19)20)13(18)9-11-4-3-5-12(15)8-11/h3-5,8H,6-7,9-10H2,1-2H3,(H,19,20). The average Bonchev–Trinajstić information content (AvgIpc) is 2.33. The highest BCUT2D eigenvalue weighted by Crippen LogP contribution is 2.06. The predicted molar refractivity (Wildman–Crippen MR) is 72.9 cm³/mol. The second-order valence-corrected chi connectivity index (χ2v) is 4.82. The summed E-state index contributed by atoms with van der Waals surface area (Å²) in [6.45, 7) is 0.553. The van der Waals surface area contributed by atoms with Crippen LogP contribution in [-0.2, 0) is 16.0 Å². The summed E-state index contributed by atoms with van der Waals surface area (Å²) in [5.74, 6) is -1.79. The summed E-state index contributed by atoms with van der Waals surface area (Å²) in [6, 6.07) is 5.75. The predicted octanol–water partition coefficient (Wildman–Crippen LogP) is 0.843. The Hall–Kier alpha value is -1.95. The molecule has 0 aliphatic rings. The highest BCUT2D eigenvalue weighted by Gasteiger charge is 2.17. The number of amides is 1. The smallest absolute Gasteiger partial charge is 0.323 e. The Labute approximate surface area is 117 Å². The molecule has 0 unspecified atom stereocenters. The van der Waals surface area contributed by atoms with Crippen molar-refractivity contribution in [1.82, 2.24) is 9.80 Å². The Bertz CT molecular complexity index is 477. The zero-order valence-electron chi connectivity index (χ0n) is 11.7. The maximum atomic E-state index is 13.1. The number of carboxylic acids is 1. The lowest BCUT2D eigenvalue weighted by atomic mass is 10.1. The Balaban J connectivity index is 2.69. The fourth-order valence-electron chi connectivity index (χ4n) is 1.71. The lowest BCUT2D eigenvalue weighted by Crippen LogP contribution is -2.40. The number of halogens is 1. The first kappa shape index (κ1) is 16.1. The number of carbonyl (C=O) groups excluding carboxylic acids is 1. The number of likely N-dealkylation sites (N-methyl/N-ethyl adjacent to an activating group) is 1. The summed E-state index contributed by atoms with van der Waals surface area (Å²) < 4.78 is 13.1. The minimum absolute atomic E-state index is 0.00152. The molecule has 0 heterocycles. The van der Waals surface area contributed by atoms with Gasteiger partial charge in [-0.25, -0.2) is 4.39 Å². The molecule has 1 amide bonds. The number of hydrogen-bond donors (Lipinski definition) is 1. The third-order valence-corrected chi connectivity index (χ3v) is 2.74. The van der Waals surface area contributed by atoms with Crippen LogP contribution in [0.25, 0.3) is 0 Å². The number of nitrogens with zero attached hydrogens (tertiary/aromatic N) is 2. The molecule has 6 heteroatoms. The quantitative estimate of drug-likeness (QED) is 0.805. The Kier molecular flexibility index (Phi) is 6.11. The lowest BCUT2D eigenvalue weighted by Gasteiger charge is -2.22. The molecule has 0 bridgehead atoms. The van der Waals surface area contributed by atoms with Crippen molar-refractivity contribution < 1.29 is 19.1 Å². The fraction of sp³-hybridized carbons (Fsp3) is 0.429. The topological polar surface area (TPSA) is 60.9 Å². The second-order valence-electron chi connectivity index (χ2n) is 4.82. The van der Waals surface area contributed by atoms with Crippen molar-refractivity contribution in [2.24, 2.45) is 0 Å². The first-order valence-electron chi connectivity index (χ1n) is 6.27. The van der Waals surface area contributed by atoms with Crippen molar-refractivity contribution in [3.63, 3.8) is 0 Å². The summed E-state index contributed by atoms with van der Waals surface area (Å²) in [5.41, 5.74) is 0.537. The molecule has 20 heavy (non-hydrogen) atoms. The van der Waals surface area contributed by atoms with Crippen LogP contribution in [0.4, 0.5) is 4.39 Å². The monoisotopic (exact) mass is 282 g/mol. The van der Waals surface area contributed by atoms with Gasteiger partial charge in [0.05, 0.1) is 6.42 Å². The molecular weight excluding hydrogens is 263 g/mol. The summed E-state index contributed by atoms with van der Waals surface area (Å²) in [7, 11) is 3.69. The fourth-order valence-corrected chi connectivity index (χ4v) is 1.71. The molecule has 5 nitrogen and oxygen atoms in total. The lowest BCUT2D eigenvalue weighted by molar-refractivity contribution is -0.144. The maximum absolute atomic E-state index is 13.1. The largest absolute Gasteiger partial charge is 0.480 e. The van der Waals surface area contributed by atoms with Crippen LogP contribution in [-0.4, -0.2) is 60.5 Å². The Morgan fingerprint density at radius 2 is 1.95 bits per heavy atom. The molecule has 0 radical (unpaired) electrons. The van der Waals surface area contributed by atoms with E-state index in [-0.39, 0.29) is 18.9 Å². The van der Waals surface area contributed by atoms with Gasteiger partial charge in [-0.05, 0) is 31.8 Å². The zero-order valence-corrected chi connectivity index (χ0v) is 11.7. The summed E-state index contributed by atoms with van der Waals surface area (Å²) in [4.78, 5) is 26.0. The van der Waals surface area contributed by atoms with Crippen molar-refractivity contribution in [3.05, 3.63) is 35.6 Å². The second kappa shape index (κ2) is 7.59. The number of rotatable bonds is 7. The number of benzene rings is 1. The molecule has 0 spiro atoms. The van der Waals surface area contributed by atoms with Crippen molar-refractivity contribution in [1.29, 1.82) is 0 Å². The number of aliphatic carboxylic acids is 1. The Morgan fingerprint density at radius 1 is 1.25 bits per heavy atom. The van der Waals surface area contributed by atoms with E-state index in [9.17, 15) is 14.0 Å². The van der Waals surface area contributed by atoms with Gasteiger partial charge in [0.25, 0.3) is 0 Å². The van der Waals surface area contributed by atoms with Gasteiger partial charge in [-0.15, -0.1) is 0 Å². The van der Waals surface area contributed by atoms with Gasteiger partial charge in [0.15, 0.2) is 0 Å². The van der Waals surface area contributed by atoms with Crippen LogP contribution in [0.2, 0.25) is 0 Å². The van der Waals surface area contributed by atoms with Gasteiger partial charge in [0.1, 0.15) is 12.4 Å². The van der Waals surface area contributed by atoms with Crippen LogP contribution in [0.5, 0.6) is 0 Å². The summed E-state index contributed by atoms with van der Waals surface area (Å²) in [5, 5.41) is 8.84. The molecular formula is C14H19FN2O3. The van der Waals surface area contributed by atoms with E-state index >= 15 is 0 Å². The van der Waals surface area contributed by atoms with E-state index < -0.39 is 11.8 Å². The zero-order chi connectivity index (χ0) is 15.1. The average molecular weight is 282 g/mol. The van der Waals surface area contributed by atoms with Crippen LogP contribution in [0.3, 0.4) is 0 Å². The van der Waals surface area contributed by atoms with E-state index in [1.165, 1.54) is 23.1 Å². The SMILES string of the molecule is CN(C)CCN(CC(=O)O)C(=O)Cc1cccc(F)c1. The van der Waals surface area contributed by atoms with Crippen molar-refractivity contribution in [2.45, 2.75) is 6.42 Å². The molecule has 0 aliphatic carbocycles. The normalized spacial score (nSPS) is 10.6. The minimum Gasteiger partial charge on any atom is -0.480 e. The highest BCUT2D eigenvalue weighted by molar-refractivity contribution is 5.83. The van der Waals surface area contributed by atoms with E-state index in [4.69, 9.17) is 5.11 Å². The van der Waals surface area contributed by atoms with Crippen LogP contribution in [0.1, 0.15) is 5.56 Å². The molecule has 0 aliphatic heterocycles. The van der Waals surface area contributed by atoms with E-state index in [2.05, 4.69) is 0 Å².